The van der Waals surface area contributed by atoms with E-state index in [-0.39, 0.29) is 11.3 Å². The summed E-state index contributed by atoms with van der Waals surface area (Å²) >= 11 is 1.44. The molecule has 0 aliphatic rings. The number of rotatable bonds is 4. The first-order chi connectivity index (χ1) is 9.91. The summed E-state index contributed by atoms with van der Waals surface area (Å²) in [6.07, 6.45) is 1.75. The third kappa shape index (κ3) is 3.89. The average Bonchev–Trinajstić information content (AvgIpc) is 2.90. The van der Waals surface area contributed by atoms with Crippen LogP contribution in [0.15, 0.2) is 30.3 Å². The summed E-state index contributed by atoms with van der Waals surface area (Å²) < 4.78 is 0. The number of carbonyl (C=O) groups is 1. The smallest absolute Gasteiger partial charge is 0.277 e. The molecule has 0 saturated carbocycles. The lowest BCUT2D eigenvalue weighted by Crippen LogP contribution is -2.31. The zero-order valence-corrected chi connectivity index (χ0v) is 13.5. The molecule has 1 amide bonds. The van der Waals surface area contributed by atoms with Gasteiger partial charge in [-0.2, -0.15) is 0 Å². The van der Waals surface area contributed by atoms with Gasteiger partial charge in [0.05, 0.1) is 10.7 Å². The van der Waals surface area contributed by atoms with Crippen LogP contribution < -0.4 is 11.3 Å². The molecule has 1 aromatic carbocycles. The number of nitrogens with zero attached hydrogens (tertiary/aromatic N) is 1. The number of carbonyl (C=O) groups excluding carboxylic acids is 1. The highest BCUT2D eigenvalue weighted by Gasteiger charge is 2.26. The monoisotopic (exact) mass is 303 g/mol. The van der Waals surface area contributed by atoms with Crippen LogP contribution in [0.5, 0.6) is 0 Å². The van der Waals surface area contributed by atoms with Gasteiger partial charge in [0.2, 0.25) is 0 Å². The Labute approximate surface area is 129 Å². The summed E-state index contributed by atoms with van der Waals surface area (Å²) in [6, 6.07) is 10.3. The summed E-state index contributed by atoms with van der Waals surface area (Å²) in [5.41, 5.74) is 4.13. The molecule has 4 nitrogen and oxygen atoms in total. The van der Waals surface area contributed by atoms with Crippen LogP contribution in [0.3, 0.4) is 0 Å². The Morgan fingerprint density at radius 1 is 1.24 bits per heavy atom. The molecule has 21 heavy (non-hydrogen) atoms. The molecule has 0 spiro atoms. The molecule has 0 saturated heterocycles. The number of thiazole rings is 1. The number of benzene rings is 1. The van der Waals surface area contributed by atoms with E-state index < -0.39 is 0 Å². The minimum atomic E-state index is -0.261. The van der Waals surface area contributed by atoms with Gasteiger partial charge in [0, 0.05) is 11.8 Å². The van der Waals surface area contributed by atoms with Gasteiger partial charge in [-0.1, -0.05) is 51.1 Å². The Bertz CT molecular complexity index is 614. The number of aromatic nitrogens is 1. The van der Waals surface area contributed by atoms with Gasteiger partial charge in [0.15, 0.2) is 0 Å². The summed E-state index contributed by atoms with van der Waals surface area (Å²) in [7, 11) is 0. The Hall–Kier alpha value is -1.72. The maximum Gasteiger partial charge on any atom is 0.277 e. The highest BCUT2D eigenvalue weighted by Crippen LogP contribution is 2.30. The third-order valence-electron chi connectivity index (χ3n) is 3.19. The van der Waals surface area contributed by atoms with Gasteiger partial charge in [-0.25, -0.2) is 10.8 Å². The molecule has 2 aromatic rings. The fraction of sp³-hybridized carbons (Fsp3) is 0.375. The minimum Gasteiger partial charge on any atom is -0.289 e. The van der Waals surface area contributed by atoms with Gasteiger partial charge in [-0.05, 0) is 12.0 Å². The lowest BCUT2D eigenvalue weighted by Gasteiger charge is -2.16. The van der Waals surface area contributed by atoms with E-state index in [2.05, 4.69) is 43.3 Å². The molecule has 2 rings (SSSR count). The van der Waals surface area contributed by atoms with Crippen molar-refractivity contribution in [1.29, 1.82) is 0 Å². The molecular formula is C16H21N3OS. The molecule has 5 heteroatoms. The van der Waals surface area contributed by atoms with Crippen molar-refractivity contribution in [3.8, 4) is 0 Å². The Morgan fingerprint density at radius 2 is 1.90 bits per heavy atom. The quantitative estimate of drug-likeness (QED) is 0.518. The van der Waals surface area contributed by atoms with Crippen molar-refractivity contribution >= 4 is 17.2 Å². The van der Waals surface area contributed by atoms with Crippen LogP contribution >= 0.6 is 11.3 Å². The molecule has 0 radical (unpaired) electrons. The summed E-state index contributed by atoms with van der Waals surface area (Å²) in [5.74, 6) is 5.01. The Morgan fingerprint density at radius 3 is 2.48 bits per heavy atom. The molecule has 0 atom stereocenters. The van der Waals surface area contributed by atoms with Crippen molar-refractivity contribution in [2.24, 2.45) is 5.84 Å². The van der Waals surface area contributed by atoms with E-state index in [0.717, 1.165) is 23.5 Å². The molecular weight excluding hydrogens is 282 g/mol. The molecule has 0 fully saturated rings. The first-order valence-corrected chi connectivity index (χ1v) is 7.78. The van der Waals surface area contributed by atoms with Gasteiger partial charge in [0.25, 0.3) is 5.91 Å². The number of nitrogen functional groups attached to an aromatic ring is 1. The topological polar surface area (TPSA) is 68.0 Å². The van der Waals surface area contributed by atoms with Crippen molar-refractivity contribution < 1.29 is 4.79 Å². The van der Waals surface area contributed by atoms with Crippen molar-refractivity contribution in [2.75, 3.05) is 0 Å². The van der Waals surface area contributed by atoms with Crippen LogP contribution in [0.2, 0.25) is 0 Å². The molecule has 3 N–H and O–H groups in total. The van der Waals surface area contributed by atoms with E-state index in [1.807, 2.05) is 18.2 Å². The molecule has 1 aromatic heterocycles. The van der Waals surface area contributed by atoms with Gasteiger partial charge >= 0.3 is 0 Å². The van der Waals surface area contributed by atoms with E-state index in [1.54, 1.807) is 0 Å². The first-order valence-electron chi connectivity index (χ1n) is 6.97. The van der Waals surface area contributed by atoms with Crippen LogP contribution in [0.1, 0.15) is 46.7 Å². The van der Waals surface area contributed by atoms with Gasteiger partial charge in [-0.15, -0.1) is 11.3 Å². The average molecular weight is 303 g/mol. The highest BCUT2D eigenvalue weighted by molar-refractivity contribution is 7.13. The molecule has 0 unspecified atom stereocenters. The van der Waals surface area contributed by atoms with E-state index in [1.165, 1.54) is 16.9 Å². The van der Waals surface area contributed by atoms with E-state index >= 15 is 0 Å². The van der Waals surface area contributed by atoms with Crippen molar-refractivity contribution in [3.05, 3.63) is 51.5 Å². The molecule has 0 aliphatic heterocycles. The second-order valence-electron chi connectivity index (χ2n) is 5.99. The minimum absolute atomic E-state index is 0.177. The lowest BCUT2D eigenvalue weighted by molar-refractivity contribution is 0.0955. The molecule has 0 bridgehead atoms. The zero-order valence-electron chi connectivity index (χ0n) is 12.6. The summed E-state index contributed by atoms with van der Waals surface area (Å²) in [4.78, 5) is 17.2. The van der Waals surface area contributed by atoms with Gasteiger partial charge in [-0.3, -0.25) is 10.2 Å². The Kier molecular flexibility index (Phi) is 4.75. The van der Waals surface area contributed by atoms with E-state index in [9.17, 15) is 4.79 Å². The van der Waals surface area contributed by atoms with Crippen LogP contribution in [0, 0.1) is 0 Å². The van der Waals surface area contributed by atoms with Gasteiger partial charge in [0.1, 0.15) is 4.88 Å². The second kappa shape index (κ2) is 6.37. The Balaban J connectivity index is 2.21. The predicted molar refractivity (Wildman–Crippen MR) is 86.3 cm³/mol. The van der Waals surface area contributed by atoms with Crippen molar-refractivity contribution in [1.82, 2.24) is 10.4 Å². The maximum absolute atomic E-state index is 11.9. The molecule has 0 aliphatic carbocycles. The number of aryl methyl sites for hydroxylation is 2. The summed E-state index contributed by atoms with van der Waals surface area (Å²) in [6.45, 7) is 6.16. The number of hydrogen-bond acceptors (Lipinski definition) is 4. The van der Waals surface area contributed by atoms with Crippen LogP contribution in [-0.2, 0) is 18.3 Å². The molecule has 1 heterocycles. The number of nitrogens with one attached hydrogen (secondary N) is 1. The van der Waals surface area contributed by atoms with Gasteiger partial charge < -0.3 is 0 Å². The van der Waals surface area contributed by atoms with Crippen LogP contribution in [0.25, 0.3) is 0 Å². The van der Waals surface area contributed by atoms with E-state index in [4.69, 9.17) is 5.84 Å². The number of hydrogen-bond donors (Lipinski definition) is 2. The fourth-order valence-electron chi connectivity index (χ4n) is 2.10. The number of nitrogens with two attached hydrogens (primary N) is 1. The maximum atomic E-state index is 11.9. The van der Waals surface area contributed by atoms with E-state index in [0.29, 0.717) is 4.88 Å². The predicted octanol–water partition coefficient (Wildman–Crippen LogP) is 2.83. The SMILES string of the molecule is CC(C)(C)c1nc(CCc2ccccc2)sc1C(=O)NN. The standard InChI is InChI=1S/C16H21N3OS/c1-16(2,3)14-13(15(20)19-17)21-12(18-14)10-9-11-7-5-4-6-8-11/h4-8H,9-10,17H2,1-3H3,(H,19,20). The van der Waals surface area contributed by atoms with Crippen LogP contribution in [-0.4, -0.2) is 10.9 Å². The van der Waals surface area contributed by atoms with Crippen molar-refractivity contribution in [3.63, 3.8) is 0 Å². The molecule has 112 valence electrons. The lowest BCUT2D eigenvalue weighted by atomic mass is 9.91. The van der Waals surface area contributed by atoms with Crippen molar-refractivity contribution in [2.45, 2.75) is 39.0 Å². The zero-order chi connectivity index (χ0) is 15.5. The second-order valence-corrected chi connectivity index (χ2v) is 7.08. The first kappa shape index (κ1) is 15.7. The third-order valence-corrected chi connectivity index (χ3v) is 4.30. The number of amides is 1. The van der Waals surface area contributed by atoms with Crippen LogP contribution in [0.4, 0.5) is 0 Å². The number of hydrazine groups is 1. The largest absolute Gasteiger partial charge is 0.289 e. The fourth-order valence-corrected chi connectivity index (χ4v) is 3.27. The highest BCUT2D eigenvalue weighted by atomic mass is 32.1. The summed E-state index contributed by atoms with van der Waals surface area (Å²) in [5, 5.41) is 0.974. The normalized spacial score (nSPS) is 11.4.